The summed E-state index contributed by atoms with van der Waals surface area (Å²) >= 11 is 0. The number of hydrogen-bond donors (Lipinski definition) is 2. The number of nitrogens with two attached hydrogens (primary N) is 1. The molecular formula is C15H21N3O3. The van der Waals surface area contributed by atoms with E-state index >= 15 is 0 Å². The minimum absolute atomic E-state index is 0.0662. The molecule has 2 unspecified atom stereocenters. The molecule has 1 saturated carbocycles. The van der Waals surface area contributed by atoms with Crippen molar-refractivity contribution in [3.05, 3.63) is 33.9 Å². The second-order valence-electron chi connectivity index (χ2n) is 6.12. The molecule has 3 N–H and O–H groups in total. The van der Waals surface area contributed by atoms with Crippen LogP contribution in [-0.2, 0) is 0 Å². The van der Waals surface area contributed by atoms with Crippen LogP contribution in [0.5, 0.6) is 0 Å². The van der Waals surface area contributed by atoms with E-state index in [1.165, 1.54) is 24.6 Å². The summed E-state index contributed by atoms with van der Waals surface area (Å²) in [6.45, 7) is 4.37. The number of nitrogens with one attached hydrogen (secondary N) is 1. The lowest BCUT2D eigenvalue weighted by Gasteiger charge is -2.31. The number of amides is 1. The fraction of sp³-hybridized carbons (Fsp3) is 0.533. The minimum Gasteiger partial charge on any atom is -0.393 e. The summed E-state index contributed by atoms with van der Waals surface area (Å²) in [6, 6.07) is 4.29. The Balaban J connectivity index is 2.10. The summed E-state index contributed by atoms with van der Waals surface area (Å²) in [7, 11) is 0. The number of benzene rings is 1. The van der Waals surface area contributed by atoms with Gasteiger partial charge in [-0.15, -0.1) is 0 Å². The molecule has 6 nitrogen and oxygen atoms in total. The molecule has 0 aromatic heterocycles. The van der Waals surface area contributed by atoms with E-state index in [1.807, 2.05) is 0 Å². The molecule has 1 aromatic rings. The number of carbonyl (C=O) groups excluding carboxylic acids is 1. The van der Waals surface area contributed by atoms with Crippen molar-refractivity contribution in [3.63, 3.8) is 0 Å². The topological polar surface area (TPSA) is 98.3 Å². The van der Waals surface area contributed by atoms with Crippen molar-refractivity contribution < 1.29 is 9.72 Å². The smallest absolute Gasteiger partial charge is 0.292 e. The van der Waals surface area contributed by atoms with Crippen LogP contribution in [0.3, 0.4) is 0 Å². The predicted molar refractivity (Wildman–Crippen MR) is 80.9 cm³/mol. The van der Waals surface area contributed by atoms with Crippen LogP contribution in [0.4, 0.5) is 11.4 Å². The average molecular weight is 291 g/mol. The van der Waals surface area contributed by atoms with E-state index in [0.29, 0.717) is 11.8 Å². The highest BCUT2D eigenvalue weighted by Crippen LogP contribution is 2.29. The predicted octanol–water partition coefficient (Wildman–Crippen LogP) is 2.73. The van der Waals surface area contributed by atoms with Gasteiger partial charge in [-0.25, -0.2) is 0 Å². The van der Waals surface area contributed by atoms with Crippen LogP contribution in [-0.4, -0.2) is 16.9 Å². The summed E-state index contributed by atoms with van der Waals surface area (Å²) in [4.78, 5) is 22.5. The first kappa shape index (κ1) is 15.3. The molecule has 2 rings (SSSR count). The van der Waals surface area contributed by atoms with Gasteiger partial charge in [-0.05, 0) is 43.2 Å². The SMILES string of the molecule is CC1CC(C)CC(NC(=O)c2ccc(N)c([N+](=O)[O-])c2)C1. The third kappa shape index (κ3) is 3.71. The highest BCUT2D eigenvalue weighted by molar-refractivity contribution is 5.95. The van der Waals surface area contributed by atoms with Crippen LogP contribution in [0.25, 0.3) is 0 Å². The third-order valence-corrected chi connectivity index (χ3v) is 4.00. The summed E-state index contributed by atoms with van der Waals surface area (Å²) in [5.74, 6) is 0.893. The van der Waals surface area contributed by atoms with E-state index in [0.717, 1.165) is 12.8 Å². The second kappa shape index (κ2) is 6.11. The van der Waals surface area contributed by atoms with E-state index in [-0.39, 0.29) is 28.9 Å². The van der Waals surface area contributed by atoms with Crippen molar-refractivity contribution >= 4 is 17.3 Å². The van der Waals surface area contributed by atoms with Crippen molar-refractivity contribution in [3.8, 4) is 0 Å². The van der Waals surface area contributed by atoms with Gasteiger partial charge in [0, 0.05) is 17.7 Å². The molecule has 0 heterocycles. The molecule has 1 aliphatic carbocycles. The maximum absolute atomic E-state index is 12.2. The Bertz CT molecular complexity index is 549. The molecular weight excluding hydrogens is 270 g/mol. The van der Waals surface area contributed by atoms with E-state index in [4.69, 9.17) is 5.73 Å². The van der Waals surface area contributed by atoms with Gasteiger partial charge in [0.25, 0.3) is 11.6 Å². The zero-order chi connectivity index (χ0) is 15.6. The highest BCUT2D eigenvalue weighted by atomic mass is 16.6. The van der Waals surface area contributed by atoms with Crippen LogP contribution >= 0.6 is 0 Å². The molecule has 1 aromatic carbocycles. The molecule has 114 valence electrons. The zero-order valence-corrected chi connectivity index (χ0v) is 12.3. The lowest BCUT2D eigenvalue weighted by atomic mass is 9.80. The number of nitrogen functional groups attached to an aromatic ring is 1. The molecule has 21 heavy (non-hydrogen) atoms. The monoisotopic (exact) mass is 291 g/mol. The molecule has 1 aliphatic rings. The van der Waals surface area contributed by atoms with Crippen LogP contribution in [0.1, 0.15) is 43.5 Å². The third-order valence-electron chi connectivity index (χ3n) is 4.00. The fourth-order valence-corrected chi connectivity index (χ4v) is 3.18. The summed E-state index contributed by atoms with van der Waals surface area (Å²) in [5, 5.41) is 13.8. The maximum atomic E-state index is 12.2. The lowest BCUT2D eigenvalue weighted by Crippen LogP contribution is -2.40. The molecule has 0 spiro atoms. The lowest BCUT2D eigenvalue weighted by molar-refractivity contribution is -0.383. The number of nitrogens with zero attached hydrogens (tertiary/aromatic N) is 1. The summed E-state index contributed by atoms with van der Waals surface area (Å²) < 4.78 is 0. The fourth-order valence-electron chi connectivity index (χ4n) is 3.18. The van der Waals surface area contributed by atoms with Crippen LogP contribution in [0.15, 0.2) is 18.2 Å². The highest BCUT2D eigenvalue weighted by Gasteiger charge is 2.26. The molecule has 1 amide bonds. The van der Waals surface area contributed by atoms with Crippen LogP contribution in [0, 0.1) is 22.0 Å². The Hall–Kier alpha value is -2.11. The summed E-state index contributed by atoms with van der Waals surface area (Å²) in [6.07, 6.45) is 3.08. The van der Waals surface area contributed by atoms with Gasteiger partial charge in [0.15, 0.2) is 0 Å². The standard InChI is InChI=1S/C15H21N3O3/c1-9-5-10(2)7-12(6-9)17-15(19)11-3-4-13(16)14(8-11)18(20)21/h3-4,8-10,12H,5-7,16H2,1-2H3,(H,17,19). The first-order chi connectivity index (χ1) is 9.86. The number of anilines is 1. The van der Waals surface area contributed by atoms with Gasteiger partial charge in [0.05, 0.1) is 4.92 Å². The molecule has 0 radical (unpaired) electrons. The number of nitro benzene ring substituents is 1. The first-order valence-electron chi connectivity index (χ1n) is 7.21. The van der Waals surface area contributed by atoms with Crippen molar-refractivity contribution in [1.82, 2.24) is 5.32 Å². The normalized spacial score (nSPS) is 25.3. The van der Waals surface area contributed by atoms with Crippen molar-refractivity contribution in [1.29, 1.82) is 0 Å². The Morgan fingerprint density at radius 3 is 2.48 bits per heavy atom. The van der Waals surface area contributed by atoms with Gasteiger partial charge in [0.1, 0.15) is 5.69 Å². The van der Waals surface area contributed by atoms with Crippen LogP contribution in [0.2, 0.25) is 0 Å². The Kier molecular flexibility index (Phi) is 4.45. The number of rotatable bonds is 3. The second-order valence-corrected chi connectivity index (χ2v) is 6.12. The Labute approximate surface area is 123 Å². The van der Waals surface area contributed by atoms with Crippen molar-refractivity contribution in [2.75, 3.05) is 5.73 Å². The van der Waals surface area contributed by atoms with E-state index in [2.05, 4.69) is 19.2 Å². The number of hydrogen-bond acceptors (Lipinski definition) is 4. The molecule has 1 fully saturated rings. The molecule has 6 heteroatoms. The Morgan fingerprint density at radius 2 is 1.90 bits per heavy atom. The number of nitro groups is 1. The van der Waals surface area contributed by atoms with Gasteiger partial charge in [0.2, 0.25) is 0 Å². The van der Waals surface area contributed by atoms with Crippen molar-refractivity contribution in [2.24, 2.45) is 11.8 Å². The van der Waals surface area contributed by atoms with Gasteiger partial charge in [-0.2, -0.15) is 0 Å². The average Bonchev–Trinajstić information content (AvgIpc) is 2.37. The van der Waals surface area contributed by atoms with Gasteiger partial charge < -0.3 is 11.1 Å². The van der Waals surface area contributed by atoms with E-state index in [9.17, 15) is 14.9 Å². The quantitative estimate of drug-likeness (QED) is 0.508. The molecule has 2 atom stereocenters. The maximum Gasteiger partial charge on any atom is 0.292 e. The van der Waals surface area contributed by atoms with Crippen molar-refractivity contribution in [2.45, 2.75) is 39.2 Å². The van der Waals surface area contributed by atoms with E-state index < -0.39 is 4.92 Å². The first-order valence-corrected chi connectivity index (χ1v) is 7.21. The zero-order valence-electron chi connectivity index (χ0n) is 12.3. The van der Waals surface area contributed by atoms with Gasteiger partial charge in [-0.3, -0.25) is 14.9 Å². The Morgan fingerprint density at radius 1 is 1.29 bits per heavy atom. The van der Waals surface area contributed by atoms with Gasteiger partial charge >= 0.3 is 0 Å². The number of carbonyl (C=O) groups is 1. The minimum atomic E-state index is -0.573. The van der Waals surface area contributed by atoms with E-state index in [1.54, 1.807) is 0 Å². The molecule has 0 saturated heterocycles. The molecule has 0 aliphatic heterocycles. The largest absolute Gasteiger partial charge is 0.393 e. The van der Waals surface area contributed by atoms with Crippen LogP contribution < -0.4 is 11.1 Å². The molecule has 0 bridgehead atoms. The van der Waals surface area contributed by atoms with Gasteiger partial charge in [-0.1, -0.05) is 13.8 Å². The summed E-state index contributed by atoms with van der Waals surface area (Å²) in [5.41, 5.74) is 5.65.